The molecule has 0 bridgehead atoms. The molecule has 1 aliphatic rings. The lowest BCUT2D eigenvalue weighted by Crippen LogP contribution is -2.53. The second-order valence-corrected chi connectivity index (χ2v) is 5.25. The molecule has 0 saturated carbocycles. The van der Waals surface area contributed by atoms with Crippen molar-refractivity contribution < 1.29 is 9.59 Å². The molecule has 0 unspecified atom stereocenters. The molecule has 1 aromatic carbocycles. The van der Waals surface area contributed by atoms with Crippen molar-refractivity contribution in [3.63, 3.8) is 0 Å². The Morgan fingerprint density at radius 1 is 1.14 bits per heavy atom. The van der Waals surface area contributed by atoms with Crippen LogP contribution in [-0.4, -0.2) is 54.5 Å². The number of nitrogens with zero attached hydrogens (tertiary/aromatic N) is 2. The molecule has 1 fully saturated rings. The number of benzene rings is 1. The van der Waals surface area contributed by atoms with Gasteiger partial charge in [-0.3, -0.25) is 4.79 Å². The molecule has 1 aliphatic heterocycles. The number of carbonyl (C=O) groups excluding carboxylic acids is 2. The quantitative estimate of drug-likeness (QED) is 0.800. The number of rotatable bonds is 2. The van der Waals surface area contributed by atoms with Crippen LogP contribution in [0.25, 0.3) is 0 Å². The smallest absolute Gasteiger partial charge is 0.317 e. The fourth-order valence-electron chi connectivity index (χ4n) is 2.49. The molecular weight excluding hydrogens is 268 g/mol. The first kappa shape index (κ1) is 15.2. The Kier molecular flexibility index (Phi) is 4.67. The minimum absolute atomic E-state index is 0.0269. The van der Waals surface area contributed by atoms with E-state index in [2.05, 4.69) is 5.32 Å². The number of amides is 3. The van der Waals surface area contributed by atoms with E-state index in [-0.39, 0.29) is 11.9 Å². The minimum atomic E-state index is -0.0654. The van der Waals surface area contributed by atoms with Gasteiger partial charge in [-0.15, -0.1) is 0 Å². The van der Waals surface area contributed by atoms with Crippen molar-refractivity contribution in [3.05, 3.63) is 29.3 Å². The van der Waals surface area contributed by atoms with E-state index in [4.69, 9.17) is 5.73 Å². The van der Waals surface area contributed by atoms with Crippen LogP contribution in [0.1, 0.15) is 22.8 Å². The molecule has 0 aliphatic carbocycles. The van der Waals surface area contributed by atoms with Gasteiger partial charge < -0.3 is 20.9 Å². The van der Waals surface area contributed by atoms with Gasteiger partial charge in [-0.2, -0.15) is 0 Å². The molecule has 1 aromatic rings. The number of carbonyl (C=O) groups is 2. The number of hydrogen-bond donors (Lipinski definition) is 2. The third-order valence-electron chi connectivity index (χ3n) is 3.53. The summed E-state index contributed by atoms with van der Waals surface area (Å²) in [7, 11) is 0. The second kappa shape index (κ2) is 6.47. The van der Waals surface area contributed by atoms with Crippen LogP contribution >= 0.6 is 0 Å². The van der Waals surface area contributed by atoms with Crippen LogP contribution in [0.3, 0.4) is 0 Å². The Hall–Kier alpha value is -2.24. The highest BCUT2D eigenvalue weighted by Crippen LogP contribution is 2.14. The Bertz CT molecular complexity index is 516. The highest BCUT2D eigenvalue weighted by Gasteiger charge is 2.24. The topological polar surface area (TPSA) is 78.7 Å². The summed E-state index contributed by atoms with van der Waals surface area (Å²) in [5.41, 5.74) is 7.97. The summed E-state index contributed by atoms with van der Waals surface area (Å²) >= 11 is 0. The number of hydrogen-bond acceptors (Lipinski definition) is 3. The normalized spacial score (nSPS) is 15.0. The molecule has 6 heteroatoms. The molecule has 1 saturated heterocycles. The van der Waals surface area contributed by atoms with E-state index in [0.717, 1.165) is 5.56 Å². The van der Waals surface area contributed by atoms with Gasteiger partial charge in [0.25, 0.3) is 5.91 Å². The van der Waals surface area contributed by atoms with Gasteiger partial charge in [0.15, 0.2) is 0 Å². The molecule has 0 aromatic heterocycles. The lowest BCUT2D eigenvalue weighted by Gasteiger charge is -2.34. The molecule has 114 valence electrons. The molecule has 6 nitrogen and oxygen atoms in total. The maximum Gasteiger partial charge on any atom is 0.317 e. The minimum Gasteiger partial charge on any atom is -0.399 e. The molecule has 3 N–H and O–H groups in total. The molecule has 0 spiro atoms. The Morgan fingerprint density at radius 3 is 2.33 bits per heavy atom. The van der Waals surface area contributed by atoms with E-state index in [1.165, 1.54) is 0 Å². The van der Waals surface area contributed by atoms with Gasteiger partial charge in [0.1, 0.15) is 0 Å². The Labute approximate surface area is 124 Å². The number of nitrogens with two attached hydrogens (primary N) is 1. The van der Waals surface area contributed by atoms with Gasteiger partial charge in [-0.1, -0.05) is 0 Å². The Morgan fingerprint density at radius 2 is 1.76 bits per heavy atom. The zero-order valence-corrected chi connectivity index (χ0v) is 12.6. The van der Waals surface area contributed by atoms with Crippen LogP contribution in [0.15, 0.2) is 18.2 Å². The molecule has 21 heavy (non-hydrogen) atoms. The van der Waals surface area contributed by atoms with Crippen molar-refractivity contribution in [2.75, 3.05) is 38.5 Å². The zero-order valence-electron chi connectivity index (χ0n) is 12.6. The molecule has 0 radical (unpaired) electrons. The van der Waals surface area contributed by atoms with E-state index >= 15 is 0 Å². The van der Waals surface area contributed by atoms with Crippen LogP contribution in [0, 0.1) is 6.92 Å². The number of nitrogen functional groups attached to an aromatic ring is 1. The predicted molar refractivity (Wildman–Crippen MR) is 82.1 cm³/mol. The van der Waals surface area contributed by atoms with Crippen molar-refractivity contribution in [2.24, 2.45) is 0 Å². The number of nitrogens with one attached hydrogen (secondary N) is 1. The van der Waals surface area contributed by atoms with E-state index in [0.29, 0.717) is 44.0 Å². The fourth-order valence-corrected chi connectivity index (χ4v) is 2.49. The molecule has 1 heterocycles. The third kappa shape index (κ3) is 3.65. The summed E-state index contributed by atoms with van der Waals surface area (Å²) in [6.45, 7) is 6.62. The van der Waals surface area contributed by atoms with Gasteiger partial charge >= 0.3 is 6.03 Å². The van der Waals surface area contributed by atoms with Crippen molar-refractivity contribution in [3.8, 4) is 0 Å². The first-order valence-corrected chi connectivity index (χ1v) is 7.20. The van der Waals surface area contributed by atoms with Gasteiger partial charge in [0.05, 0.1) is 0 Å². The maximum atomic E-state index is 12.5. The van der Waals surface area contributed by atoms with E-state index in [1.807, 2.05) is 26.0 Å². The second-order valence-electron chi connectivity index (χ2n) is 5.25. The van der Waals surface area contributed by atoms with Gasteiger partial charge in [-0.25, -0.2) is 4.79 Å². The predicted octanol–water partition coefficient (Wildman–Crippen LogP) is 1.06. The molecule has 2 rings (SSSR count). The lowest BCUT2D eigenvalue weighted by molar-refractivity contribution is 0.0665. The average molecular weight is 290 g/mol. The van der Waals surface area contributed by atoms with E-state index in [1.54, 1.807) is 15.9 Å². The van der Waals surface area contributed by atoms with Gasteiger partial charge in [-0.05, 0) is 37.6 Å². The van der Waals surface area contributed by atoms with Crippen molar-refractivity contribution in [2.45, 2.75) is 13.8 Å². The van der Waals surface area contributed by atoms with Crippen molar-refractivity contribution in [1.82, 2.24) is 15.1 Å². The first-order chi connectivity index (χ1) is 10.0. The molecule has 0 atom stereocenters. The summed E-state index contributed by atoms with van der Waals surface area (Å²) < 4.78 is 0. The Balaban J connectivity index is 1.98. The monoisotopic (exact) mass is 290 g/mol. The number of aryl methyl sites for hydroxylation is 1. The van der Waals surface area contributed by atoms with Gasteiger partial charge in [0, 0.05) is 44.0 Å². The highest BCUT2D eigenvalue weighted by atomic mass is 16.2. The third-order valence-corrected chi connectivity index (χ3v) is 3.53. The highest BCUT2D eigenvalue weighted by molar-refractivity contribution is 5.95. The SMILES string of the molecule is CCNC(=O)N1CCN(C(=O)c2cc(C)cc(N)c2)CC1. The number of urea groups is 1. The largest absolute Gasteiger partial charge is 0.399 e. The van der Waals surface area contributed by atoms with Gasteiger partial charge in [0.2, 0.25) is 0 Å². The van der Waals surface area contributed by atoms with E-state index < -0.39 is 0 Å². The van der Waals surface area contributed by atoms with Crippen molar-refractivity contribution in [1.29, 1.82) is 0 Å². The lowest BCUT2D eigenvalue weighted by atomic mass is 10.1. The first-order valence-electron chi connectivity index (χ1n) is 7.20. The maximum absolute atomic E-state index is 12.5. The van der Waals surface area contributed by atoms with Crippen LogP contribution in [0.2, 0.25) is 0 Å². The van der Waals surface area contributed by atoms with E-state index in [9.17, 15) is 9.59 Å². The molecule has 3 amide bonds. The summed E-state index contributed by atoms with van der Waals surface area (Å²) in [4.78, 5) is 27.7. The number of anilines is 1. The molecular formula is C15H22N4O2. The zero-order chi connectivity index (χ0) is 15.4. The van der Waals surface area contributed by atoms with Crippen molar-refractivity contribution >= 4 is 17.6 Å². The summed E-state index contributed by atoms with van der Waals surface area (Å²) in [5.74, 6) is -0.0269. The summed E-state index contributed by atoms with van der Waals surface area (Å²) in [6.07, 6.45) is 0. The van der Waals surface area contributed by atoms with Crippen LogP contribution in [-0.2, 0) is 0 Å². The number of piperazine rings is 1. The van der Waals surface area contributed by atoms with Crippen LogP contribution in [0.4, 0.5) is 10.5 Å². The summed E-state index contributed by atoms with van der Waals surface area (Å²) in [5, 5.41) is 2.77. The summed E-state index contributed by atoms with van der Waals surface area (Å²) in [6, 6.07) is 5.31. The van der Waals surface area contributed by atoms with Crippen LogP contribution in [0.5, 0.6) is 0 Å². The average Bonchev–Trinajstić information content (AvgIpc) is 2.46. The fraction of sp³-hybridized carbons (Fsp3) is 0.467. The van der Waals surface area contributed by atoms with Crippen LogP contribution < -0.4 is 11.1 Å². The standard InChI is InChI=1S/C15H22N4O2/c1-3-17-15(21)19-6-4-18(5-7-19)14(20)12-8-11(2)9-13(16)10-12/h8-10H,3-7,16H2,1-2H3,(H,17,21).